The van der Waals surface area contributed by atoms with Gasteiger partial charge in [0.15, 0.2) is 0 Å². The maximum Gasteiger partial charge on any atom is 0.338 e. The van der Waals surface area contributed by atoms with Gasteiger partial charge in [-0.2, -0.15) is 0 Å². The summed E-state index contributed by atoms with van der Waals surface area (Å²) in [5.74, 6) is -0.140. The number of urea groups is 1. The molecule has 2 amide bonds. The highest BCUT2D eigenvalue weighted by Crippen LogP contribution is 2.34. The van der Waals surface area contributed by atoms with Gasteiger partial charge in [-0.25, -0.2) is 9.59 Å². The van der Waals surface area contributed by atoms with Crippen LogP contribution >= 0.6 is 27.3 Å². The van der Waals surface area contributed by atoms with Gasteiger partial charge in [-0.3, -0.25) is 0 Å². The van der Waals surface area contributed by atoms with E-state index in [1.54, 1.807) is 6.92 Å². The molecule has 21 heavy (non-hydrogen) atoms. The lowest BCUT2D eigenvalue weighted by molar-refractivity contribution is -0.140. The Kier molecular flexibility index (Phi) is 5.05. The number of nitrogens with one attached hydrogen (secondary N) is 2. The molecule has 1 aromatic rings. The summed E-state index contributed by atoms with van der Waals surface area (Å²) in [5, 5.41) is 5.40. The van der Waals surface area contributed by atoms with E-state index in [9.17, 15) is 9.59 Å². The summed E-state index contributed by atoms with van der Waals surface area (Å²) in [7, 11) is 0. The van der Waals surface area contributed by atoms with Gasteiger partial charge >= 0.3 is 12.0 Å². The molecule has 0 radical (unpaired) electrons. The van der Waals surface area contributed by atoms with Gasteiger partial charge in [-0.1, -0.05) is 13.8 Å². The minimum Gasteiger partial charge on any atom is -0.462 e. The van der Waals surface area contributed by atoms with Crippen LogP contribution in [0, 0.1) is 5.92 Å². The van der Waals surface area contributed by atoms with E-state index in [1.807, 2.05) is 26.0 Å². The van der Waals surface area contributed by atoms with Crippen molar-refractivity contribution in [2.24, 2.45) is 5.92 Å². The van der Waals surface area contributed by atoms with E-state index in [0.29, 0.717) is 17.9 Å². The first kappa shape index (κ1) is 16.0. The van der Waals surface area contributed by atoms with Crippen molar-refractivity contribution in [3.8, 4) is 0 Å². The first-order chi connectivity index (χ1) is 9.88. The fraction of sp³-hybridized carbons (Fsp3) is 0.429. The maximum atomic E-state index is 12.3. The number of allylic oxidation sites excluding steroid dienone is 1. The largest absolute Gasteiger partial charge is 0.462 e. The lowest BCUT2D eigenvalue weighted by atomic mass is 10.0. The predicted octanol–water partition coefficient (Wildman–Crippen LogP) is 3.34. The Balaban J connectivity index is 2.30. The van der Waals surface area contributed by atoms with Crippen LogP contribution in [0.15, 0.2) is 27.2 Å². The van der Waals surface area contributed by atoms with Crippen molar-refractivity contribution in [1.82, 2.24) is 10.6 Å². The third kappa shape index (κ3) is 3.85. The second-order valence-corrected chi connectivity index (χ2v) is 7.70. The van der Waals surface area contributed by atoms with Gasteiger partial charge in [0.25, 0.3) is 0 Å². The molecule has 1 aromatic heterocycles. The van der Waals surface area contributed by atoms with Crippen LogP contribution < -0.4 is 10.6 Å². The molecule has 0 aromatic carbocycles. The quantitative estimate of drug-likeness (QED) is 0.796. The Hall–Kier alpha value is -1.34. The summed E-state index contributed by atoms with van der Waals surface area (Å²) in [6.45, 7) is 6.01. The molecule has 7 heteroatoms. The number of hydrogen-bond donors (Lipinski definition) is 2. The zero-order valence-corrected chi connectivity index (χ0v) is 14.4. The van der Waals surface area contributed by atoms with E-state index in [0.717, 1.165) is 8.66 Å². The molecule has 2 N–H and O–H groups in total. The summed E-state index contributed by atoms with van der Waals surface area (Å²) in [4.78, 5) is 24.9. The van der Waals surface area contributed by atoms with Crippen molar-refractivity contribution in [2.75, 3.05) is 6.61 Å². The predicted molar refractivity (Wildman–Crippen MR) is 84.9 cm³/mol. The highest BCUT2D eigenvalue weighted by molar-refractivity contribution is 9.11. The summed E-state index contributed by atoms with van der Waals surface area (Å²) in [6.07, 6.45) is 0. The Labute approximate surface area is 135 Å². The third-order valence-corrected chi connectivity index (χ3v) is 4.60. The third-order valence-electron chi connectivity index (χ3n) is 2.92. The highest BCUT2D eigenvalue weighted by atomic mass is 79.9. The maximum absolute atomic E-state index is 12.3. The lowest BCUT2D eigenvalue weighted by Gasteiger charge is -2.27. The van der Waals surface area contributed by atoms with Crippen molar-refractivity contribution in [2.45, 2.75) is 26.8 Å². The SMILES string of the molecule is CC1=C(C(=O)OCC(C)C)[C@H](c2ccc(Br)s2)NC(=O)N1. The summed E-state index contributed by atoms with van der Waals surface area (Å²) in [6, 6.07) is 2.98. The van der Waals surface area contributed by atoms with E-state index >= 15 is 0 Å². The minimum atomic E-state index is -0.477. The van der Waals surface area contributed by atoms with Crippen molar-refractivity contribution in [1.29, 1.82) is 0 Å². The second kappa shape index (κ2) is 6.62. The lowest BCUT2D eigenvalue weighted by Crippen LogP contribution is -2.45. The van der Waals surface area contributed by atoms with Crippen molar-refractivity contribution in [3.05, 3.63) is 32.1 Å². The van der Waals surface area contributed by atoms with E-state index in [-0.39, 0.29) is 11.9 Å². The van der Waals surface area contributed by atoms with Crippen LogP contribution in [0.4, 0.5) is 4.79 Å². The van der Waals surface area contributed by atoms with Gasteiger partial charge in [-0.05, 0) is 40.9 Å². The zero-order valence-electron chi connectivity index (χ0n) is 12.0. The van der Waals surface area contributed by atoms with Gasteiger partial charge in [0, 0.05) is 10.6 Å². The molecule has 0 fully saturated rings. The minimum absolute atomic E-state index is 0.260. The molecule has 5 nitrogen and oxygen atoms in total. The summed E-state index contributed by atoms with van der Waals surface area (Å²) < 4.78 is 6.25. The molecule has 0 unspecified atom stereocenters. The molecule has 114 valence electrons. The molecular weight excluding hydrogens is 356 g/mol. The number of hydrogen-bond acceptors (Lipinski definition) is 4. The molecule has 2 heterocycles. The van der Waals surface area contributed by atoms with Crippen LogP contribution in [0.2, 0.25) is 0 Å². The van der Waals surface area contributed by atoms with Crippen molar-refractivity contribution in [3.63, 3.8) is 0 Å². The van der Waals surface area contributed by atoms with E-state index in [1.165, 1.54) is 11.3 Å². The van der Waals surface area contributed by atoms with E-state index in [2.05, 4.69) is 26.6 Å². The van der Waals surface area contributed by atoms with Gasteiger partial charge in [0.2, 0.25) is 0 Å². The van der Waals surface area contributed by atoms with E-state index in [4.69, 9.17) is 4.74 Å². The van der Waals surface area contributed by atoms with Crippen molar-refractivity contribution >= 4 is 39.3 Å². The number of amides is 2. The first-order valence-corrected chi connectivity index (χ1v) is 8.20. The van der Waals surface area contributed by atoms with Crippen LogP contribution in [0.25, 0.3) is 0 Å². The van der Waals surface area contributed by atoms with Crippen LogP contribution in [-0.2, 0) is 9.53 Å². The number of carbonyl (C=O) groups is 2. The Morgan fingerprint density at radius 1 is 1.48 bits per heavy atom. The molecule has 1 aliphatic heterocycles. The number of ether oxygens (including phenoxy) is 1. The molecule has 1 aliphatic rings. The normalized spacial score (nSPS) is 18.5. The van der Waals surface area contributed by atoms with Crippen LogP contribution in [-0.4, -0.2) is 18.6 Å². The van der Waals surface area contributed by atoms with Crippen LogP contribution in [0.5, 0.6) is 0 Å². The summed E-state index contributed by atoms with van der Waals surface area (Å²) >= 11 is 4.87. The molecule has 0 aliphatic carbocycles. The number of halogens is 1. The fourth-order valence-corrected chi connectivity index (χ4v) is 3.47. The molecule has 1 atom stereocenters. The monoisotopic (exact) mass is 372 g/mol. The van der Waals surface area contributed by atoms with Gasteiger partial charge < -0.3 is 15.4 Å². The zero-order chi connectivity index (χ0) is 15.6. The average Bonchev–Trinajstić information content (AvgIpc) is 2.81. The first-order valence-electron chi connectivity index (χ1n) is 6.59. The average molecular weight is 373 g/mol. The number of thiophene rings is 1. The number of carbonyl (C=O) groups excluding carboxylic acids is 2. The highest BCUT2D eigenvalue weighted by Gasteiger charge is 2.33. The van der Waals surface area contributed by atoms with Crippen LogP contribution in [0.3, 0.4) is 0 Å². The Morgan fingerprint density at radius 2 is 2.19 bits per heavy atom. The van der Waals surface area contributed by atoms with Crippen LogP contribution in [0.1, 0.15) is 31.7 Å². The summed E-state index contributed by atoms with van der Waals surface area (Å²) in [5.41, 5.74) is 0.978. The topological polar surface area (TPSA) is 67.4 Å². The van der Waals surface area contributed by atoms with Gasteiger partial charge in [-0.15, -0.1) is 11.3 Å². The molecule has 2 rings (SSSR count). The number of rotatable bonds is 4. The number of esters is 1. The van der Waals surface area contributed by atoms with Gasteiger partial charge in [0.05, 0.1) is 22.0 Å². The van der Waals surface area contributed by atoms with E-state index < -0.39 is 12.0 Å². The standard InChI is InChI=1S/C14H17BrN2O3S/c1-7(2)6-20-13(18)11-8(3)16-14(19)17-12(11)9-4-5-10(15)21-9/h4-5,7,12H,6H2,1-3H3,(H2,16,17,19)/t12-/m0/s1. The van der Waals surface area contributed by atoms with Crippen molar-refractivity contribution < 1.29 is 14.3 Å². The Morgan fingerprint density at radius 3 is 2.76 bits per heavy atom. The fourth-order valence-electron chi connectivity index (χ4n) is 1.98. The smallest absolute Gasteiger partial charge is 0.338 e. The van der Waals surface area contributed by atoms with Gasteiger partial charge in [0.1, 0.15) is 0 Å². The molecular formula is C14H17BrN2O3S. The molecule has 0 saturated carbocycles. The molecule has 0 spiro atoms. The Bertz CT molecular complexity index is 595. The second-order valence-electron chi connectivity index (χ2n) is 5.20. The molecule has 0 bridgehead atoms. The molecule has 0 saturated heterocycles.